The second-order valence-corrected chi connectivity index (χ2v) is 6.29. The van der Waals surface area contributed by atoms with Crippen molar-refractivity contribution in [3.63, 3.8) is 0 Å². The van der Waals surface area contributed by atoms with Gasteiger partial charge in [-0.3, -0.25) is 4.79 Å². The number of hydrogen-bond donors (Lipinski definition) is 1. The van der Waals surface area contributed by atoms with Gasteiger partial charge in [-0.2, -0.15) is 0 Å². The maximum atomic E-state index is 12.0. The molecule has 5 heteroatoms. The zero-order chi connectivity index (χ0) is 19.6. The van der Waals surface area contributed by atoms with Crippen molar-refractivity contribution in [3.8, 4) is 17.2 Å². The number of hydrogen-bond acceptors (Lipinski definition) is 4. The number of ether oxygens (including phenoxy) is 3. The minimum Gasteiger partial charge on any atom is -0.497 e. The lowest BCUT2D eigenvalue weighted by molar-refractivity contribution is -0.116. The summed E-state index contributed by atoms with van der Waals surface area (Å²) in [6.45, 7) is 4.55. The smallest absolute Gasteiger partial charge is 0.244 e. The van der Waals surface area contributed by atoms with E-state index in [-0.39, 0.29) is 12.0 Å². The third-order valence-electron chi connectivity index (χ3n) is 3.86. The van der Waals surface area contributed by atoms with E-state index >= 15 is 0 Å². The van der Waals surface area contributed by atoms with E-state index in [0.717, 1.165) is 23.3 Å². The molecule has 0 atom stereocenters. The third kappa shape index (κ3) is 6.70. The Bertz CT molecular complexity index is 766. The van der Waals surface area contributed by atoms with E-state index in [1.165, 1.54) is 6.08 Å². The molecule has 2 rings (SSSR count). The van der Waals surface area contributed by atoms with Crippen LogP contribution in [0.25, 0.3) is 6.08 Å². The first-order valence-electron chi connectivity index (χ1n) is 8.95. The second kappa shape index (κ2) is 10.3. The summed E-state index contributed by atoms with van der Waals surface area (Å²) in [6.07, 6.45) is 4.13. The van der Waals surface area contributed by atoms with Gasteiger partial charge in [0.05, 0.1) is 20.3 Å². The van der Waals surface area contributed by atoms with Crippen molar-refractivity contribution in [1.29, 1.82) is 0 Å². The van der Waals surface area contributed by atoms with Gasteiger partial charge in [-0.1, -0.05) is 12.1 Å². The number of amides is 1. The predicted octanol–water partition coefficient (Wildman–Crippen LogP) is 3.86. The van der Waals surface area contributed by atoms with E-state index in [9.17, 15) is 4.79 Å². The summed E-state index contributed by atoms with van der Waals surface area (Å²) in [5.74, 6) is 2.09. The van der Waals surface area contributed by atoms with Crippen LogP contribution in [0.1, 0.15) is 25.0 Å². The van der Waals surface area contributed by atoms with Crippen molar-refractivity contribution >= 4 is 12.0 Å². The van der Waals surface area contributed by atoms with Gasteiger partial charge in [0, 0.05) is 18.2 Å². The van der Waals surface area contributed by atoms with Crippen LogP contribution >= 0.6 is 0 Å². The highest BCUT2D eigenvalue weighted by molar-refractivity contribution is 5.92. The van der Waals surface area contributed by atoms with Crippen molar-refractivity contribution < 1.29 is 19.0 Å². The molecule has 0 unspecified atom stereocenters. The van der Waals surface area contributed by atoms with Crippen LogP contribution in [0.2, 0.25) is 0 Å². The molecule has 0 saturated carbocycles. The van der Waals surface area contributed by atoms with E-state index in [1.54, 1.807) is 20.3 Å². The molecule has 5 nitrogen and oxygen atoms in total. The van der Waals surface area contributed by atoms with E-state index in [0.29, 0.717) is 18.0 Å². The molecule has 1 N–H and O–H groups in total. The highest BCUT2D eigenvalue weighted by Crippen LogP contribution is 2.25. The fraction of sp³-hybridized carbons (Fsp3) is 0.318. The van der Waals surface area contributed by atoms with Gasteiger partial charge in [0.15, 0.2) is 0 Å². The minimum absolute atomic E-state index is 0.153. The predicted molar refractivity (Wildman–Crippen MR) is 107 cm³/mol. The quantitative estimate of drug-likeness (QED) is 0.682. The Morgan fingerprint density at radius 3 is 2.37 bits per heavy atom. The third-order valence-corrected chi connectivity index (χ3v) is 3.86. The van der Waals surface area contributed by atoms with Crippen molar-refractivity contribution in [3.05, 3.63) is 59.7 Å². The average Bonchev–Trinajstić information content (AvgIpc) is 2.67. The molecule has 0 fully saturated rings. The molecule has 0 spiro atoms. The van der Waals surface area contributed by atoms with Gasteiger partial charge in [-0.15, -0.1) is 0 Å². The molecule has 0 radical (unpaired) electrons. The zero-order valence-electron chi connectivity index (χ0n) is 16.3. The monoisotopic (exact) mass is 369 g/mol. The molecule has 0 aliphatic heterocycles. The first-order valence-corrected chi connectivity index (χ1v) is 8.95. The highest BCUT2D eigenvalue weighted by atomic mass is 16.5. The molecule has 27 heavy (non-hydrogen) atoms. The molecule has 0 bridgehead atoms. The largest absolute Gasteiger partial charge is 0.497 e. The van der Waals surface area contributed by atoms with Crippen LogP contribution in [0.3, 0.4) is 0 Å². The number of carbonyl (C=O) groups is 1. The van der Waals surface area contributed by atoms with Crippen molar-refractivity contribution in [1.82, 2.24) is 5.32 Å². The highest BCUT2D eigenvalue weighted by Gasteiger charge is 2.03. The normalized spacial score (nSPS) is 10.9. The Balaban J connectivity index is 1.85. The van der Waals surface area contributed by atoms with Crippen LogP contribution in [0, 0.1) is 0 Å². The Labute approximate surface area is 161 Å². The number of carbonyl (C=O) groups excluding carboxylic acids is 1. The lowest BCUT2D eigenvalue weighted by atomic mass is 10.1. The minimum atomic E-state index is -0.153. The molecule has 0 heterocycles. The van der Waals surface area contributed by atoms with E-state index in [1.807, 2.05) is 56.3 Å². The Kier molecular flexibility index (Phi) is 7.74. The van der Waals surface area contributed by atoms with Crippen molar-refractivity contribution in [2.24, 2.45) is 0 Å². The zero-order valence-corrected chi connectivity index (χ0v) is 16.3. The van der Waals surface area contributed by atoms with Gasteiger partial charge >= 0.3 is 0 Å². The molecule has 0 aliphatic rings. The summed E-state index contributed by atoms with van der Waals surface area (Å²) < 4.78 is 16.1. The molecule has 144 valence electrons. The van der Waals surface area contributed by atoms with Gasteiger partial charge in [0.1, 0.15) is 17.2 Å². The van der Waals surface area contributed by atoms with Crippen molar-refractivity contribution in [2.45, 2.75) is 26.4 Å². The summed E-state index contributed by atoms with van der Waals surface area (Å²) in [4.78, 5) is 12.0. The van der Waals surface area contributed by atoms with Crippen LogP contribution in [0.4, 0.5) is 0 Å². The van der Waals surface area contributed by atoms with Gasteiger partial charge in [-0.05, 0) is 62.2 Å². The Morgan fingerprint density at radius 1 is 1.04 bits per heavy atom. The molecule has 0 aliphatic carbocycles. The van der Waals surface area contributed by atoms with Crippen LogP contribution in [0.15, 0.2) is 48.5 Å². The van der Waals surface area contributed by atoms with E-state index in [2.05, 4.69) is 5.32 Å². The van der Waals surface area contributed by atoms with Gasteiger partial charge < -0.3 is 19.5 Å². The van der Waals surface area contributed by atoms with Gasteiger partial charge in [0.2, 0.25) is 5.91 Å². The van der Waals surface area contributed by atoms with Crippen LogP contribution in [-0.4, -0.2) is 32.8 Å². The molecule has 2 aromatic carbocycles. The van der Waals surface area contributed by atoms with Crippen LogP contribution < -0.4 is 19.5 Å². The summed E-state index contributed by atoms with van der Waals surface area (Å²) in [5.41, 5.74) is 1.93. The van der Waals surface area contributed by atoms with Gasteiger partial charge in [0.25, 0.3) is 0 Å². The standard InChI is InChI=1S/C22H27NO4/c1-16(2)27-19-8-5-17(6-9-19)13-14-23-22(24)12-7-18-15-20(25-3)10-11-21(18)26-4/h5-12,15-16H,13-14H2,1-4H3,(H,23,24)/b12-7+. The number of benzene rings is 2. The lowest BCUT2D eigenvalue weighted by Crippen LogP contribution is -2.23. The second-order valence-electron chi connectivity index (χ2n) is 6.29. The first-order chi connectivity index (χ1) is 13.0. The molecule has 0 saturated heterocycles. The van der Waals surface area contributed by atoms with E-state index < -0.39 is 0 Å². The maximum Gasteiger partial charge on any atom is 0.244 e. The first kappa shape index (κ1) is 20.4. The number of rotatable bonds is 9. The SMILES string of the molecule is COc1ccc(OC)c(/C=C/C(=O)NCCc2ccc(OC(C)C)cc2)c1. The van der Waals surface area contributed by atoms with Crippen molar-refractivity contribution in [2.75, 3.05) is 20.8 Å². The Morgan fingerprint density at radius 2 is 1.74 bits per heavy atom. The van der Waals surface area contributed by atoms with Crippen LogP contribution in [0.5, 0.6) is 17.2 Å². The number of methoxy groups -OCH3 is 2. The average molecular weight is 369 g/mol. The lowest BCUT2D eigenvalue weighted by Gasteiger charge is -2.10. The van der Waals surface area contributed by atoms with Gasteiger partial charge in [-0.25, -0.2) is 0 Å². The fourth-order valence-corrected chi connectivity index (χ4v) is 2.53. The Hall–Kier alpha value is -2.95. The molecule has 2 aromatic rings. The topological polar surface area (TPSA) is 56.8 Å². The summed E-state index contributed by atoms with van der Waals surface area (Å²) in [6, 6.07) is 13.4. The van der Waals surface area contributed by atoms with Crippen LogP contribution in [-0.2, 0) is 11.2 Å². The molecule has 1 amide bonds. The summed E-state index contributed by atoms with van der Waals surface area (Å²) in [7, 11) is 3.19. The molecule has 0 aromatic heterocycles. The summed E-state index contributed by atoms with van der Waals surface area (Å²) >= 11 is 0. The van der Waals surface area contributed by atoms with E-state index in [4.69, 9.17) is 14.2 Å². The fourth-order valence-electron chi connectivity index (χ4n) is 2.53. The maximum absolute atomic E-state index is 12.0. The molecular formula is C22H27NO4. The summed E-state index contributed by atoms with van der Waals surface area (Å²) in [5, 5.41) is 2.89. The molecular weight excluding hydrogens is 342 g/mol. The number of nitrogens with one attached hydrogen (secondary N) is 1.